The minimum Gasteiger partial charge on any atom is -0.365 e. The molecule has 10 heterocycles. The molecule has 0 radical (unpaired) electrons. The quantitative estimate of drug-likeness (QED) is 0.0357. The molecule has 5 nitrogen and oxygen atoms in total. The van der Waals surface area contributed by atoms with Gasteiger partial charge in [0, 0.05) is 81.5 Å². The van der Waals surface area contributed by atoms with Gasteiger partial charge in [-0.05, 0) is 153 Å². The van der Waals surface area contributed by atoms with Crippen LogP contribution in [0, 0.1) is 18.8 Å². The van der Waals surface area contributed by atoms with E-state index in [4.69, 9.17) is 9.97 Å². The molecule has 0 saturated carbocycles. The number of hydrogen-bond acceptors (Lipinski definition) is 12. The summed E-state index contributed by atoms with van der Waals surface area (Å²) in [7, 11) is 0. The van der Waals surface area contributed by atoms with Gasteiger partial charge in [-0.2, -0.15) is 0 Å². The monoisotopic (exact) mass is 1490 g/mol. The Bertz CT molecular complexity index is 3870. The summed E-state index contributed by atoms with van der Waals surface area (Å²) in [4.78, 5) is 50.5. The first kappa shape index (κ1) is 78.8. The van der Waals surface area contributed by atoms with Crippen LogP contribution in [0.5, 0.6) is 0 Å². The molecule has 10 rings (SSSR count). The first-order chi connectivity index (χ1) is 48.7. The molecule has 8 aromatic heterocycles. The second-order valence-corrected chi connectivity index (χ2v) is 38.9. The second kappa shape index (κ2) is 39.5. The average Bonchev–Trinajstić information content (AvgIpc) is 1.56. The van der Waals surface area contributed by atoms with Gasteiger partial charge in [0.05, 0.1) is 41.4 Å². The van der Waals surface area contributed by atoms with Crippen molar-refractivity contribution in [3.63, 3.8) is 0 Å². The Balaban J connectivity index is 1.04. The number of nitrogens with zero attached hydrogens (tertiary/aromatic N) is 4. The number of thiazole rings is 2. The molecule has 2 unspecified atom stereocenters. The number of aryl methyl sites for hydroxylation is 5. The van der Waals surface area contributed by atoms with Crippen LogP contribution in [0.2, 0.25) is 0 Å². The van der Waals surface area contributed by atoms with Crippen LogP contribution in [-0.4, -0.2) is 45.3 Å². The minimum absolute atomic E-state index is 0.0874. The van der Waals surface area contributed by atoms with E-state index in [2.05, 4.69) is 148 Å². The fraction of sp³-hybridized carbons (Fsp3) is 0.598. The fourth-order valence-electron chi connectivity index (χ4n) is 15.4. The van der Waals surface area contributed by atoms with Gasteiger partial charge in [0.1, 0.15) is 10.0 Å². The minimum atomic E-state index is 0.0874. The summed E-state index contributed by atoms with van der Waals surface area (Å²) in [5.41, 5.74) is 10.6. The Morgan fingerprint density at radius 1 is 0.410 bits per heavy atom. The number of rotatable bonds is 46. The normalized spacial score (nSPS) is 14.2. The summed E-state index contributed by atoms with van der Waals surface area (Å²) in [6.07, 6.45) is 46.5. The van der Waals surface area contributed by atoms with Crippen molar-refractivity contribution in [3.05, 3.63) is 114 Å². The van der Waals surface area contributed by atoms with Crippen molar-refractivity contribution in [1.82, 2.24) is 19.8 Å². The molecule has 0 aromatic carbocycles. The van der Waals surface area contributed by atoms with E-state index < -0.39 is 0 Å². The lowest BCUT2D eigenvalue weighted by atomic mass is 9.91. The Hall–Kier alpha value is -3.79. The van der Waals surface area contributed by atoms with Gasteiger partial charge in [-0.1, -0.05) is 237 Å². The van der Waals surface area contributed by atoms with Gasteiger partial charge in [0.15, 0.2) is 0 Å². The molecule has 1 amide bonds. The molecule has 2 aliphatic heterocycles. The highest BCUT2D eigenvalue weighted by atomic mass is 32.1. The van der Waals surface area contributed by atoms with Gasteiger partial charge in [-0.15, -0.1) is 90.7 Å². The number of amides is 1. The maximum Gasteiger partial charge on any atom is 0.260 e. The number of carbonyl (C=O) groups excluding carboxylic acids is 1. The van der Waals surface area contributed by atoms with Crippen molar-refractivity contribution < 1.29 is 4.79 Å². The molecule has 100 heavy (non-hydrogen) atoms. The first-order valence-corrected chi connectivity index (χ1v) is 46.4. The lowest BCUT2D eigenvalue weighted by molar-refractivity contribution is -0.123. The zero-order chi connectivity index (χ0) is 70.5. The van der Waals surface area contributed by atoms with Gasteiger partial charge in [-0.3, -0.25) is 4.79 Å². The Kier molecular flexibility index (Phi) is 31.1. The lowest BCUT2D eigenvalue weighted by Crippen LogP contribution is -2.33. The predicted octanol–water partition coefficient (Wildman–Crippen LogP) is 30.1. The average molecular weight is 1500 g/mol. The Morgan fingerprint density at radius 2 is 0.850 bits per heavy atom. The molecule has 0 bridgehead atoms. The standard InChI is InChI=1S/C87H122N4OS8/c1-13-21-26-31-33-37-43-61(42-35-28-23-15-3)57-90-59-67-77(86(92)91(58-62(44-36-29-24-16-4)45-38-34-32-27-22-14-2)78(67)70-49-47-69(94-70)73-51-63(20-8)83(99-73)87(10,11)12)79(90)71-50-48-68(95-71)72-52-64(40-18-6)80(96-72)76-56-89-85(100-76)75-53-65(41-19-7)81(98-75)82-66(46-39-30-25-17-5)54-74(97-82)84-88-55-60(9)93-84/h47-56,61-62H,13-46,57-59H2,1-12H3. The molecule has 0 N–H and O–H groups in total. The number of hydrogen-bond donors (Lipinski definition) is 0. The largest absolute Gasteiger partial charge is 0.365 e. The van der Waals surface area contributed by atoms with E-state index in [9.17, 15) is 0 Å². The van der Waals surface area contributed by atoms with Crippen LogP contribution in [-0.2, 0) is 35.9 Å². The zero-order valence-corrected chi connectivity index (χ0v) is 70.1. The SMILES string of the molecule is CCCCCCCCC(CCCCCC)CN1CC2=C(c3ccc(-c4cc(CC)c(C(C)(C)C)s4)s3)N(CC(CCCCCC)CCCCCCCC)C(=O)C2=C1c1ccc(-c2cc(CCC)c(-c3cnc(-c4cc(CCC)c(-c5sc(-c6ncc(C)s6)cc5CCCCCC)s4)s3)s2)s1. The van der Waals surface area contributed by atoms with Gasteiger partial charge < -0.3 is 9.80 Å². The predicted molar refractivity (Wildman–Crippen MR) is 450 cm³/mol. The van der Waals surface area contributed by atoms with Gasteiger partial charge in [-0.25, -0.2) is 9.97 Å². The molecular formula is C87H122N4OS8. The van der Waals surface area contributed by atoms with E-state index in [1.54, 1.807) is 0 Å². The molecule has 13 heteroatoms. The maximum atomic E-state index is 16.5. The second-order valence-electron chi connectivity index (χ2n) is 30.3. The molecule has 0 spiro atoms. The molecule has 0 saturated heterocycles. The van der Waals surface area contributed by atoms with Gasteiger partial charge in [0.25, 0.3) is 5.91 Å². The van der Waals surface area contributed by atoms with Crippen molar-refractivity contribution in [1.29, 1.82) is 0 Å². The van der Waals surface area contributed by atoms with Crippen LogP contribution < -0.4 is 0 Å². The van der Waals surface area contributed by atoms with Crippen molar-refractivity contribution >= 4 is 108 Å². The maximum absolute atomic E-state index is 16.5. The molecular weight excluding hydrogens is 1370 g/mol. The van der Waals surface area contributed by atoms with Crippen LogP contribution >= 0.6 is 90.7 Å². The molecule has 2 atom stereocenters. The van der Waals surface area contributed by atoms with Crippen molar-refractivity contribution in [2.24, 2.45) is 11.8 Å². The molecule has 0 aliphatic carbocycles. The highest BCUT2D eigenvalue weighted by molar-refractivity contribution is 7.30. The number of thiophene rings is 6. The third-order valence-electron chi connectivity index (χ3n) is 20.8. The third-order valence-corrected chi connectivity index (χ3v) is 31.1. The number of fused-ring (bicyclic) bond motifs is 1. The van der Waals surface area contributed by atoms with Crippen LogP contribution in [0.4, 0.5) is 0 Å². The summed E-state index contributed by atoms with van der Waals surface area (Å²) >= 11 is 15.4. The van der Waals surface area contributed by atoms with Crippen LogP contribution in [0.1, 0.15) is 311 Å². The van der Waals surface area contributed by atoms with Crippen LogP contribution in [0.15, 0.2) is 72.1 Å². The van der Waals surface area contributed by atoms with E-state index in [0.29, 0.717) is 11.8 Å². The Labute approximate surface area is 637 Å². The zero-order valence-electron chi connectivity index (χ0n) is 63.6. The summed E-state index contributed by atoms with van der Waals surface area (Å²) in [6, 6.07) is 19.6. The summed E-state index contributed by atoms with van der Waals surface area (Å²) in [5.74, 6) is 1.30. The van der Waals surface area contributed by atoms with Crippen LogP contribution in [0.25, 0.3) is 70.2 Å². The number of unbranched alkanes of at least 4 members (excludes halogenated alkanes) is 19. The highest BCUT2D eigenvalue weighted by Crippen LogP contribution is 2.54. The third kappa shape index (κ3) is 20.4. The van der Waals surface area contributed by atoms with E-state index in [1.165, 1.54) is 287 Å². The highest BCUT2D eigenvalue weighted by Gasteiger charge is 2.46. The topological polar surface area (TPSA) is 49.3 Å². The molecule has 2 aliphatic rings. The van der Waals surface area contributed by atoms with Gasteiger partial charge >= 0.3 is 0 Å². The number of carbonyl (C=O) groups is 1. The summed E-state index contributed by atoms with van der Waals surface area (Å²) in [5, 5.41) is 2.27. The summed E-state index contributed by atoms with van der Waals surface area (Å²) < 4.78 is 0. The van der Waals surface area contributed by atoms with Crippen molar-refractivity contribution in [3.8, 4) is 58.8 Å². The smallest absolute Gasteiger partial charge is 0.260 e. The number of aromatic nitrogens is 2. The van der Waals surface area contributed by atoms with Crippen molar-refractivity contribution in [2.45, 2.75) is 307 Å². The molecule has 544 valence electrons. The van der Waals surface area contributed by atoms with Crippen LogP contribution in [0.3, 0.4) is 0 Å². The van der Waals surface area contributed by atoms with Crippen molar-refractivity contribution in [2.75, 3.05) is 19.6 Å². The molecule has 0 fully saturated rings. The Morgan fingerprint density at radius 3 is 1.37 bits per heavy atom. The van der Waals surface area contributed by atoms with E-state index >= 15 is 4.79 Å². The first-order valence-electron chi connectivity index (χ1n) is 39.9. The van der Waals surface area contributed by atoms with E-state index in [0.717, 1.165) is 73.7 Å². The van der Waals surface area contributed by atoms with E-state index in [1.807, 2.05) is 96.9 Å². The molecule has 8 aromatic rings. The summed E-state index contributed by atoms with van der Waals surface area (Å²) in [6.45, 7) is 30.5. The fourth-order valence-corrected chi connectivity index (χ4v) is 24.8. The van der Waals surface area contributed by atoms with Gasteiger partial charge in [0.2, 0.25) is 0 Å². The van der Waals surface area contributed by atoms with E-state index in [-0.39, 0.29) is 11.3 Å². The lowest BCUT2D eigenvalue weighted by Gasteiger charge is -2.30.